The van der Waals surface area contributed by atoms with E-state index in [1.54, 1.807) is 11.0 Å². The maximum atomic E-state index is 12.9. The van der Waals surface area contributed by atoms with Crippen molar-refractivity contribution in [3.05, 3.63) is 81.5 Å². The van der Waals surface area contributed by atoms with Gasteiger partial charge in [0.25, 0.3) is 5.91 Å². The van der Waals surface area contributed by atoms with Crippen LogP contribution in [0.4, 0.5) is 11.4 Å². The summed E-state index contributed by atoms with van der Waals surface area (Å²) in [7, 11) is 0. The van der Waals surface area contributed by atoms with Crippen molar-refractivity contribution in [3.63, 3.8) is 0 Å². The zero-order chi connectivity index (χ0) is 24.4. The first-order valence-corrected chi connectivity index (χ1v) is 12.7. The van der Waals surface area contributed by atoms with E-state index in [4.69, 9.17) is 0 Å². The summed E-state index contributed by atoms with van der Waals surface area (Å²) in [5.41, 5.74) is 3.49. The number of fused-ring (bicyclic) bond motifs is 2. The molecule has 2 aliphatic rings. The quantitative estimate of drug-likeness (QED) is 0.490. The average Bonchev–Trinajstić information content (AvgIpc) is 3.41. The molecule has 35 heavy (non-hydrogen) atoms. The number of aliphatic hydroxyl groups is 1. The molecule has 1 aromatic heterocycles. The molecular formula is C27H27N3O4S. The maximum Gasteiger partial charge on any atom is 0.313 e. The number of amides is 3. The molecule has 2 heterocycles. The minimum Gasteiger partial charge on any atom is -0.388 e. The lowest BCUT2D eigenvalue weighted by Gasteiger charge is -2.33. The summed E-state index contributed by atoms with van der Waals surface area (Å²) in [6.07, 6.45) is 3.31. The minimum atomic E-state index is -1.07. The van der Waals surface area contributed by atoms with Crippen LogP contribution < -0.4 is 15.5 Å². The van der Waals surface area contributed by atoms with E-state index in [1.807, 2.05) is 47.8 Å². The Labute approximate surface area is 207 Å². The van der Waals surface area contributed by atoms with Gasteiger partial charge < -0.3 is 20.6 Å². The Morgan fingerprint density at radius 1 is 0.971 bits per heavy atom. The number of anilines is 2. The summed E-state index contributed by atoms with van der Waals surface area (Å²) in [6.45, 7) is 0.656. The van der Waals surface area contributed by atoms with E-state index in [-0.39, 0.29) is 12.5 Å². The van der Waals surface area contributed by atoms with Crippen molar-refractivity contribution in [2.75, 3.05) is 23.3 Å². The molecule has 1 unspecified atom stereocenters. The van der Waals surface area contributed by atoms with Gasteiger partial charge in [-0.1, -0.05) is 30.3 Å². The monoisotopic (exact) mass is 489 g/mol. The van der Waals surface area contributed by atoms with E-state index >= 15 is 0 Å². The summed E-state index contributed by atoms with van der Waals surface area (Å²) in [4.78, 5) is 40.3. The van der Waals surface area contributed by atoms with Gasteiger partial charge in [0, 0.05) is 30.9 Å². The standard InChI is InChI=1S/C27H27N3O4S/c31-24(28-17-27(34)12-11-18-5-1-2-6-20(18)16-27)25(32)29-21-9-10-22-19(15-21)7-3-13-30(22)26(33)23-8-4-14-35-23/h1-2,4-6,8-10,14-15,34H,3,7,11-13,16-17H2,(H,28,31)(H,29,32). The van der Waals surface area contributed by atoms with Crippen LogP contribution >= 0.6 is 11.3 Å². The third-order valence-electron chi connectivity index (χ3n) is 6.71. The highest BCUT2D eigenvalue weighted by Crippen LogP contribution is 2.32. The van der Waals surface area contributed by atoms with Crippen LogP contribution in [0.3, 0.4) is 0 Å². The van der Waals surface area contributed by atoms with Crippen molar-refractivity contribution in [1.82, 2.24) is 5.32 Å². The first kappa shape index (κ1) is 23.3. The number of aryl methyl sites for hydroxylation is 2. The summed E-state index contributed by atoms with van der Waals surface area (Å²) >= 11 is 1.41. The molecule has 3 aromatic rings. The highest BCUT2D eigenvalue weighted by atomic mass is 32.1. The van der Waals surface area contributed by atoms with Crippen LogP contribution in [0.2, 0.25) is 0 Å². The smallest absolute Gasteiger partial charge is 0.313 e. The Morgan fingerprint density at radius 2 is 1.80 bits per heavy atom. The zero-order valence-corrected chi connectivity index (χ0v) is 20.1. The normalized spacial score (nSPS) is 18.8. The van der Waals surface area contributed by atoms with Gasteiger partial charge in [0.15, 0.2) is 0 Å². The van der Waals surface area contributed by atoms with E-state index in [0.29, 0.717) is 30.0 Å². The fraction of sp³-hybridized carbons (Fsp3) is 0.296. The summed E-state index contributed by atoms with van der Waals surface area (Å²) in [5, 5.41) is 18.0. The number of carbonyl (C=O) groups excluding carboxylic acids is 3. The van der Waals surface area contributed by atoms with Crippen LogP contribution in [0, 0.1) is 0 Å². The van der Waals surface area contributed by atoms with Gasteiger partial charge in [0.2, 0.25) is 0 Å². The number of hydrogen-bond donors (Lipinski definition) is 3. The molecule has 7 nitrogen and oxygen atoms in total. The van der Waals surface area contributed by atoms with Crippen LogP contribution in [0.15, 0.2) is 60.0 Å². The van der Waals surface area contributed by atoms with Gasteiger partial charge in [0.05, 0.1) is 10.5 Å². The number of hydrogen-bond acceptors (Lipinski definition) is 5. The largest absolute Gasteiger partial charge is 0.388 e. The van der Waals surface area contributed by atoms with Gasteiger partial charge in [-0.25, -0.2) is 0 Å². The molecule has 1 aliphatic heterocycles. The van der Waals surface area contributed by atoms with E-state index < -0.39 is 17.4 Å². The molecule has 1 atom stereocenters. The molecule has 180 valence electrons. The second-order valence-electron chi connectivity index (χ2n) is 9.19. The lowest BCUT2D eigenvalue weighted by Crippen LogP contribution is -2.49. The lowest BCUT2D eigenvalue weighted by atomic mass is 9.80. The number of benzene rings is 2. The predicted octanol–water partition coefficient (Wildman–Crippen LogP) is 3.32. The fourth-order valence-corrected chi connectivity index (χ4v) is 5.54. The molecular weight excluding hydrogens is 462 g/mol. The molecule has 3 amide bonds. The second-order valence-corrected chi connectivity index (χ2v) is 10.1. The SMILES string of the molecule is O=C(NCC1(O)CCc2ccccc2C1)C(=O)Nc1ccc2c(c1)CCCN2C(=O)c1cccs1. The highest BCUT2D eigenvalue weighted by molar-refractivity contribution is 7.12. The Bertz CT molecular complexity index is 1270. The zero-order valence-electron chi connectivity index (χ0n) is 19.3. The molecule has 1 aliphatic carbocycles. The van der Waals surface area contributed by atoms with Crippen LogP contribution in [0.5, 0.6) is 0 Å². The Balaban J connectivity index is 1.20. The first-order valence-electron chi connectivity index (χ1n) is 11.8. The number of rotatable bonds is 4. The Hall–Kier alpha value is -3.49. The molecule has 0 saturated heterocycles. The number of carbonyl (C=O) groups is 3. The molecule has 3 N–H and O–H groups in total. The predicted molar refractivity (Wildman–Crippen MR) is 136 cm³/mol. The molecule has 0 radical (unpaired) electrons. The van der Waals surface area contributed by atoms with E-state index in [0.717, 1.165) is 36.1 Å². The molecule has 0 bridgehead atoms. The van der Waals surface area contributed by atoms with Crippen molar-refractivity contribution in [2.45, 2.75) is 37.7 Å². The first-order chi connectivity index (χ1) is 16.9. The summed E-state index contributed by atoms with van der Waals surface area (Å²) < 4.78 is 0. The summed E-state index contributed by atoms with van der Waals surface area (Å²) in [6, 6.07) is 17.0. The number of thiophene rings is 1. The van der Waals surface area contributed by atoms with E-state index in [2.05, 4.69) is 16.7 Å². The van der Waals surface area contributed by atoms with E-state index in [9.17, 15) is 19.5 Å². The number of nitrogens with zero attached hydrogens (tertiary/aromatic N) is 1. The van der Waals surface area contributed by atoms with Gasteiger partial charge in [-0.3, -0.25) is 14.4 Å². The molecule has 2 aromatic carbocycles. The maximum absolute atomic E-state index is 12.9. The van der Waals surface area contributed by atoms with Crippen molar-refractivity contribution in [1.29, 1.82) is 0 Å². The van der Waals surface area contributed by atoms with Crippen LogP contribution in [-0.4, -0.2) is 41.5 Å². The third kappa shape index (κ3) is 4.99. The van der Waals surface area contributed by atoms with Gasteiger partial charge in [-0.2, -0.15) is 0 Å². The van der Waals surface area contributed by atoms with Gasteiger partial charge in [-0.15, -0.1) is 11.3 Å². The average molecular weight is 490 g/mol. The third-order valence-corrected chi connectivity index (χ3v) is 7.57. The van der Waals surface area contributed by atoms with Crippen LogP contribution in [0.25, 0.3) is 0 Å². The van der Waals surface area contributed by atoms with Crippen molar-refractivity contribution < 1.29 is 19.5 Å². The van der Waals surface area contributed by atoms with Crippen LogP contribution in [0.1, 0.15) is 39.2 Å². The Kier molecular flexibility index (Phi) is 6.40. The molecule has 0 saturated carbocycles. The van der Waals surface area contributed by atoms with Gasteiger partial charge in [-0.05, 0) is 72.0 Å². The second kappa shape index (κ2) is 9.64. The minimum absolute atomic E-state index is 0.0115. The van der Waals surface area contributed by atoms with Crippen molar-refractivity contribution >= 4 is 40.4 Å². The molecule has 5 rings (SSSR count). The van der Waals surface area contributed by atoms with Crippen molar-refractivity contribution in [3.8, 4) is 0 Å². The molecule has 0 fully saturated rings. The number of nitrogens with one attached hydrogen (secondary N) is 2. The Morgan fingerprint density at radius 3 is 2.60 bits per heavy atom. The topological polar surface area (TPSA) is 98.7 Å². The van der Waals surface area contributed by atoms with Crippen LogP contribution in [-0.2, 0) is 28.9 Å². The molecule has 0 spiro atoms. The highest BCUT2D eigenvalue weighted by Gasteiger charge is 2.33. The molecule has 8 heteroatoms. The lowest BCUT2D eigenvalue weighted by molar-refractivity contribution is -0.136. The van der Waals surface area contributed by atoms with Gasteiger partial charge in [0.1, 0.15) is 0 Å². The fourth-order valence-electron chi connectivity index (χ4n) is 4.87. The van der Waals surface area contributed by atoms with E-state index in [1.165, 1.54) is 16.9 Å². The van der Waals surface area contributed by atoms with Crippen molar-refractivity contribution in [2.24, 2.45) is 0 Å². The van der Waals surface area contributed by atoms with Gasteiger partial charge >= 0.3 is 11.8 Å². The summed E-state index contributed by atoms with van der Waals surface area (Å²) in [5.74, 6) is -1.60.